The third-order valence-corrected chi connectivity index (χ3v) is 2.96. The van der Waals surface area contributed by atoms with Gasteiger partial charge in [-0.1, -0.05) is 0 Å². The third kappa shape index (κ3) is 2.56. The first-order valence-corrected chi connectivity index (χ1v) is 5.31. The molecule has 0 radical (unpaired) electrons. The van der Waals surface area contributed by atoms with E-state index >= 15 is 0 Å². The predicted molar refractivity (Wildman–Crippen MR) is 48.9 cm³/mol. The van der Waals surface area contributed by atoms with Gasteiger partial charge >= 0.3 is 18.1 Å². The lowest BCUT2D eigenvalue weighted by Crippen LogP contribution is -2.58. The third-order valence-electron chi connectivity index (χ3n) is 2.96. The summed E-state index contributed by atoms with van der Waals surface area (Å²) in [5.74, 6) is -5.93. The molecule has 2 nitrogen and oxygen atoms in total. The maximum absolute atomic E-state index is 13.7. The van der Waals surface area contributed by atoms with Gasteiger partial charge in [-0.15, -0.1) is 0 Å². The largest absolute Gasteiger partial charge is 0.453 e. The lowest BCUT2D eigenvalue weighted by atomic mass is 9.89. The molecule has 1 rings (SSSR count). The van der Waals surface area contributed by atoms with E-state index in [9.17, 15) is 31.1 Å². The van der Waals surface area contributed by atoms with Gasteiger partial charge in [-0.05, 0) is 25.7 Å². The molecular formula is C10H12F6O2. The highest BCUT2D eigenvalue weighted by Crippen LogP contribution is 2.50. The summed E-state index contributed by atoms with van der Waals surface area (Å²) in [6.07, 6.45) is -10.7. The highest BCUT2D eigenvalue weighted by molar-refractivity contribution is 5.66. The number of ether oxygens (including phenoxy) is 1. The summed E-state index contributed by atoms with van der Waals surface area (Å²) in [7, 11) is 0. The van der Waals surface area contributed by atoms with E-state index < -0.39 is 42.7 Å². The normalized spacial score (nSPS) is 21.7. The maximum Gasteiger partial charge on any atom is 0.425 e. The first-order valence-electron chi connectivity index (χ1n) is 5.31. The molecule has 0 aliphatic heterocycles. The van der Waals surface area contributed by atoms with Gasteiger partial charge in [-0.3, -0.25) is 4.79 Å². The van der Waals surface area contributed by atoms with Crippen molar-refractivity contribution in [3.05, 3.63) is 0 Å². The van der Waals surface area contributed by atoms with Crippen molar-refractivity contribution in [1.82, 2.24) is 0 Å². The number of rotatable bonds is 3. The molecule has 0 aromatic carbocycles. The summed E-state index contributed by atoms with van der Waals surface area (Å²) in [4.78, 5) is 10.8. The van der Waals surface area contributed by atoms with Gasteiger partial charge in [0.2, 0.25) is 0 Å². The van der Waals surface area contributed by atoms with Crippen LogP contribution in [0.1, 0.15) is 32.6 Å². The second kappa shape index (κ2) is 4.62. The summed E-state index contributed by atoms with van der Waals surface area (Å²) < 4.78 is 81.0. The van der Waals surface area contributed by atoms with Crippen molar-refractivity contribution in [1.29, 1.82) is 0 Å². The molecule has 1 saturated carbocycles. The summed E-state index contributed by atoms with van der Waals surface area (Å²) in [6.45, 7) is 0.803. The van der Waals surface area contributed by atoms with E-state index in [0.717, 1.165) is 6.92 Å². The van der Waals surface area contributed by atoms with Gasteiger partial charge in [0, 0.05) is 6.92 Å². The Labute approximate surface area is 99.3 Å². The summed E-state index contributed by atoms with van der Waals surface area (Å²) in [6, 6.07) is 0. The van der Waals surface area contributed by atoms with Crippen LogP contribution in [0.25, 0.3) is 0 Å². The van der Waals surface area contributed by atoms with E-state index in [2.05, 4.69) is 4.74 Å². The molecule has 1 aliphatic carbocycles. The Bertz CT molecular complexity index is 319. The fraction of sp³-hybridized carbons (Fsp3) is 0.900. The minimum atomic E-state index is -5.70. The molecule has 0 amide bonds. The Hall–Kier alpha value is -0.950. The van der Waals surface area contributed by atoms with Crippen LogP contribution in [0, 0.1) is 0 Å². The topological polar surface area (TPSA) is 26.3 Å². The zero-order chi connectivity index (χ0) is 14.2. The van der Waals surface area contributed by atoms with Crippen molar-refractivity contribution >= 4 is 5.97 Å². The molecule has 0 saturated heterocycles. The SMILES string of the molecule is CC(=O)OC1(C(F)(F)C(F)C(F)(F)F)CCCC1. The number of halogens is 6. The predicted octanol–water partition coefficient (Wildman–Crippen LogP) is 3.40. The molecule has 18 heavy (non-hydrogen) atoms. The lowest BCUT2D eigenvalue weighted by molar-refractivity contribution is -0.295. The van der Waals surface area contributed by atoms with Crippen molar-refractivity contribution in [3.63, 3.8) is 0 Å². The van der Waals surface area contributed by atoms with Crippen LogP contribution in [0.15, 0.2) is 0 Å². The minimum Gasteiger partial charge on any atom is -0.453 e. The molecule has 0 aromatic heterocycles. The molecule has 1 fully saturated rings. The lowest BCUT2D eigenvalue weighted by Gasteiger charge is -2.38. The fourth-order valence-electron chi connectivity index (χ4n) is 2.16. The first-order chi connectivity index (χ1) is 8.03. The summed E-state index contributed by atoms with van der Waals surface area (Å²) in [5, 5.41) is 0. The van der Waals surface area contributed by atoms with Gasteiger partial charge in [0.05, 0.1) is 0 Å². The van der Waals surface area contributed by atoms with Gasteiger partial charge in [0.15, 0.2) is 5.60 Å². The van der Waals surface area contributed by atoms with Crippen LogP contribution in [0.4, 0.5) is 26.3 Å². The maximum atomic E-state index is 13.7. The van der Waals surface area contributed by atoms with Crippen LogP contribution in [-0.2, 0) is 9.53 Å². The standard InChI is InChI=1S/C10H12F6O2/c1-6(17)18-8(4-2-3-5-8)9(12,13)7(11)10(14,15)16/h7H,2-5H2,1H3. The fourth-order valence-corrected chi connectivity index (χ4v) is 2.16. The van der Waals surface area contributed by atoms with Gasteiger partial charge in [0.1, 0.15) is 0 Å². The van der Waals surface area contributed by atoms with Gasteiger partial charge < -0.3 is 4.74 Å². The Balaban J connectivity index is 3.08. The molecule has 1 unspecified atom stereocenters. The molecule has 8 heteroatoms. The van der Waals surface area contributed by atoms with Gasteiger partial charge in [-0.25, -0.2) is 4.39 Å². The second-order valence-electron chi connectivity index (χ2n) is 4.32. The number of esters is 1. The van der Waals surface area contributed by atoms with E-state index in [1.807, 2.05) is 0 Å². The number of carbonyl (C=O) groups is 1. The highest BCUT2D eigenvalue weighted by atomic mass is 19.4. The van der Waals surface area contributed by atoms with Crippen molar-refractivity contribution in [3.8, 4) is 0 Å². The molecule has 0 heterocycles. The molecule has 0 aromatic rings. The zero-order valence-electron chi connectivity index (χ0n) is 9.49. The molecule has 0 bridgehead atoms. The van der Waals surface area contributed by atoms with Crippen molar-refractivity contribution in [2.24, 2.45) is 0 Å². The van der Waals surface area contributed by atoms with E-state index in [4.69, 9.17) is 0 Å². The van der Waals surface area contributed by atoms with Crippen LogP contribution in [0.3, 0.4) is 0 Å². The Morgan fingerprint density at radius 2 is 1.61 bits per heavy atom. The average molecular weight is 278 g/mol. The van der Waals surface area contributed by atoms with E-state index in [-0.39, 0.29) is 12.8 Å². The molecule has 0 N–H and O–H groups in total. The summed E-state index contributed by atoms with van der Waals surface area (Å²) in [5.41, 5.74) is -2.69. The number of carbonyl (C=O) groups excluding carboxylic acids is 1. The summed E-state index contributed by atoms with van der Waals surface area (Å²) >= 11 is 0. The van der Waals surface area contributed by atoms with Crippen molar-refractivity contribution in [2.45, 2.75) is 56.5 Å². The number of hydrogen-bond donors (Lipinski definition) is 0. The Morgan fingerprint density at radius 3 is 1.94 bits per heavy atom. The Kier molecular flexibility index (Phi) is 3.88. The minimum absolute atomic E-state index is 0.160. The van der Waals surface area contributed by atoms with Gasteiger partial charge in [0.25, 0.3) is 6.17 Å². The number of alkyl halides is 6. The van der Waals surface area contributed by atoms with Crippen LogP contribution in [0.2, 0.25) is 0 Å². The van der Waals surface area contributed by atoms with E-state index in [1.54, 1.807) is 0 Å². The van der Waals surface area contributed by atoms with Crippen LogP contribution in [0.5, 0.6) is 0 Å². The highest BCUT2D eigenvalue weighted by Gasteiger charge is 2.69. The molecular weight excluding hydrogens is 266 g/mol. The molecule has 1 aliphatic rings. The van der Waals surface area contributed by atoms with Crippen LogP contribution < -0.4 is 0 Å². The zero-order valence-corrected chi connectivity index (χ0v) is 9.49. The smallest absolute Gasteiger partial charge is 0.425 e. The van der Waals surface area contributed by atoms with Crippen LogP contribution in [-0.4, -0.2) is 29.8 Å². The van der Waals surface area contributed by atoms with E-state index in [0.29, 0.717) is 0 Å². The second-order valence-corrected chi connectivity index (χ2v) is 4.32. The number of hydrogen-bond acceptors (Lipinski definition) is 2. The van der Waals surface area contributed by atoms with E-state index in [1.165, 1.54) is 0 Å². The first kappa shape index (κ1) is 15.1. The van der Waals surface area contributed by atoms with Gasteiger partial charge in [-0.2, -0.15) is 22.0 Å². The molecule has 106 valence electrons. The van der Waals surface area contributed by atoms with Crippen LogP contribution >= 0.6 is 0 Å². The monoisotopic (exact) mass is 278 g/mol. The Morgan fingerprint density at radius 1 is 1.17 bits per heavy atom. The molecule has 1 atom stereocenters. The average Bonchev–Trinajstić information content (AvgIpc) is 2.64. The van der Waals surface area contributed by atoms with Crippen molar-refractivity contribution in [2.75, 3.05) is 0 Å². The molecule has 0 spiro atoms. The quantitative estimate of drug-likeness (QED) is 0.584. The van der Waals surface area contributed by atoms with Crippen molar-refractivity contribution < 1.29 is 35.9 Å².